The molecule has 5 rings (SSSR count). The minimum atomic E-state index is 0.134. The van der Waals surface area contributed by atoms with Gasteiger partial charge in [0.15, 0.2) is 0 Å². The van der Waals surface area contributed by atoms with Gasteiger partial charge in [0.1, 0.15) is 29.2 Å². The fourth-order valence-corrected chi connectivity index (χ4v) is 3.97. The third-order valence-electron chi connectivity index (χ3n) is 5.59. The van der Waals surface area contributed by atoms with Crippen LogP contribution in [0.25, 0.3) is 34.3 Å². The molecular weight excluding hydrogens is 470 g/mol. The maximum atomic E-state index is 10.1. The van der Waals surface area contributed by atoms with Gasteiger partial charge < -0.3 is 5.73 Å². The fraction of sp³-hybridized carbons (Fsp3) is 0. The molecule has 0 amide bonds. The third-order valence-corrected chi connectivity index (χ3v) is 5.84. The quantitative estimate of drug-likeness (QED) is 0.310. The van der Waals surface area contributed by atoms with E-state index < -0.39 is 0 Å². The van der Waals surface area contributed by atoms with Gasteiger partial charge in [-0.25, -0.2) is 9.36 Å². The molecule has 0 aliphatic rings. The van der Waals surface area contributed by atoms with Gasteiger partial charge in [-0.1, -0.05) is 60.1 Å². The summed E-state index contributed by atoms with van der Waals surface area (Å²) in [6.45, 7) is 0. The van der Waals surface area contributed by atoms with Crippen LogP contribution in [0.15, 0.2) is 91.1 Å². The van der Waals surface area contributed by atoms with E-state index in [0.717, 1.165) is 11.3 Å². The maximum absolute atomic E-state index is 10.1. The first-order chi connectivity index (χ1) is 17.6. The van der Waals surface area contributed by atoms with Crippen molar-refractivity contribution in [1.82, 2.24) is 19.6 Å². The largest absolute Gasteiger partial charge is 0.382 e. The van der Waals surface area contributed by atoms with Gasteiger partial charge in [-0.05, 0) is 42.5 Å². The number of nitrogens with two attached hydrogens (primary N) is 1. The molecule has 0 atom stereocenters. The van der Waals surface area contributed by atoms with E-state index in [4.69, 9.17) is 22.4 Å². The smallest absolute Gasteiger partial charge is 0.145 e. The number of anilines is 1. The van der Waals surface area contributed by atoms with Crippen LogP contribution in [-0.4, -0.2) is 19.6 Å². The number of aromatic nitrogens is 4. The number of nitrogen functional groups attached to an aromatic ring is 1. The molecule has 172 valence electrons. The second-order valence-electron chi connectivity index (χ2n) is 7.86. The van der Waals surface area contributed by atoms with E-state index >= 15 is 0 Å². The average molecular weight is 488 g/mol. The number of allylic oxidation sites excluding steroid dienone is 1. The Morgan fingerprint density at radius 1 is 0.861 bits per heavy atom. The molecule has 36 heavy (non-hydrogen) atoms. The van der Waals surface area contributed by atoms with Gasteiger partial charge in [-0.15, -0.1) is 0 Å². The molecule has 8 heteroatoms. The lowest BCUT2D eigenvalue weighted by Crippen LogP contribution is -2.02. The molecule has 7 nitrogen and oxygen atoms in total. The van der Waals surface area contributed by atoms with Crippen molar-refractivity contribution in [1.29, 1.82) is 10.5 Å². The van der Waals surface area contributed by atoms with E-state index in [-0.39, 0.29) is 22.6 Å². The summed E-state index contributed by atoms with van der Waals surface area (Å²) in [4.78, 5) is 0. The highest BCUT2D eigenvalue weighted by atomic mass is 35.5. The SMILES string of the molecule is N#C/C(=C/c1cn(-c2ccccc2)nc1-c1ccc(Cl)cc1)c1nn(-c2ccccc2)c(N)c1C#N. The van der Waals surface area contributed by atoms with Crippen molar-refractivity contribution in [3.05, 3.63) is 113 Å². The Morgan fingerprint density at radius 2 is 1.50 bits per heavy atom. The van der Waals surface area contributed by atoms with E-state index in [9.17, 15) is 10.5 Å². The topological polar surface area (TPSA) is 109 Å². The van der Waals surface area contributed by atoms with Crippen LogP contribution in [0.3, 0.4) is 0 Å². The number of para-hydroxylation sites is 2. The number of halogens is 1. The average Bonchev–Trinajstić information content (AvgIpc) is 3.49. The number of nitrogens with zero attached hydrogens (tertiary/aromatic N) is 6. The van der Waals surface area contributed by atoms with Crippen molar-refractivity contribution in [3.8, 4) is 34.8 Å². The summed E-state index contributed by atoms with van der Waals surface area (Å²) in [5.74, 6) is 0.165. The van der Waals surface area contributed by atoms with Crippen molar-refractivity contribution in [2.24, 2.45) is 0 Å². The lowest BCUT2D eigenvalue weighted by molar-refractivity contribution is 0.884. The molecule has 3 aromatic carbocycles. The third kappa shape index (κ3) is 4.23. The monoisotopic (exact) mass is 487 g/mol. The molecule has 2 aromatic heterocycles. The van der Waals surface area contributed by atoms with Crippen LogP contribution in [0.5, 0.6) is 0 Å². The molecule has 0 aliphatic carbocycles. The van der Waals surface area contributed by atoms with Crippen molar-refractivity contribution in [2.75, 3.05) is 5.73 Å². The molecule has 0 spiro atoms. The molecular formula is C28H18ClN7. The Morgan fingerprint density at radius 3 is 2.11 bits per heavy atom. The molecule has 0 saturated carbocycles. The Hall–Kier alpha value is -5.11. The summed E-state index contributed by atoms with van der Waals surface area (Å²) < 4.78 is 3.21. The van der Waals surface area contributed by atoms with E-state index in [2.05, 4.69) is 17.2 Å². The number of hydrogen-bond acceptors (Lipinski definition) is 5. The van der Waals surface area contributed by atoms with Crippen molar-refractivity contribution in [3.63, 3.8) is 0 Å². The van der Waals surface area contributed by atoms with Crippen LogP contribution in [-0.2, 0) is 0 Å². The predicted molar refractivity (Wildman–Crippen MR) is 140 cm³/mol. The van der Waals surface area contributed by atoms with Gasteiger partial charge in [0.05, 0.1) is 22.6 Å². The first-order valence-electron chi connectivity index (χ1n) is 11.0. The lowest BCUT2D eigenvalue weighted by Gasteiger charge is -2.02. The standard InChI is InChI=1S/C28H18ClN7/c29-22-13-11-19(12-14-22)26-21(18-35(33-26)23-7-3-1-4-8-23)15-20(16-30)27-25(17-31)28(32)36(34-27)24-9-5-2-6-10-24/h1-15,18H,32H2/b20-15-. The molecule has 0 radical (unpaired) electrons. The summed E-state index contributed by atoms with van der Waals surface area (Å²) >= 11 is 6.09. The van der Waals surface area contributed by atoms with Crippen molar-refractivity contribution < 1.29 is 0 Å². The minimum Gasteiger partial charge on any atom is -0.382 e. The Labute approximate surface area is 212 Å². The van der Waals surface area contributed by atoms with Crippen LogP contribution >= 0.6 is 11.6 Å². The maximum Gasteiger partial charge on any atom is 0.145 e. The molecule has 2 heterocycles. The summed E-state index contributed by atoms with van der Waals surface area (Å²) in [7, 11) is 0. The fourth-order valence-electron chi connectivity index (χ4n) is 3.84. The van der Waals surface area contributed by atoms with Crippen LogP contribution in [0.2, 0.25) is 5.02 Å². The van der Waals surface area contributed by atoms with Gasteiger partial charge in [0.2, 0.25) is 0 Å². The van der Waals surface area contributed by atoms with Gasteiger partial charge in [-0.2, -0.15) is 20.7 Å². The van der Waals surface area contributed by atoms with Crippen LogP contribution < -0.4 is 5.73 Å². The predicted octanol–water partition coefficient (Wildman–Crippen LogP) is 5.90. The molecule has 0 fully saturated rings. The second kappa shape index (κ2) is 9.63. The normalized spacial score (nSPS) is 11.1. The highest BCUT2D eigenvalue weighted by molar-refractivity contribution is 6.30. The molecule has 0 aliphatic heterocycles. The summed E-state index contributed by atoms with van der Waals surface area (Å²) in [5.41, 5.74) is 10.5. The number of hydrogen-bond donors (Lipinski definition) is 1. The van der Waals surface area contributed by atoms with E-state index in [0.29, 0.717) is 22.0 Å². The Bertz CT molecular complexity index is 1650. The Balaban J connectivity index is 1.68. The summed E-state index contributed by atoms with van der Waals surface area (Å²) in [6, 6.07) is 30.5. The van der Waals surface area contributed by atoms with E-state index in [1.54, 1.807) is 22.9 Å². The molecule has 2 N–H and O–H groups in total. The highest BCUT2D eigenvalue weighted by Crippen LogP contribution is 2.31. The van der Waals surface area contributed by atoms with Gasteiger partial charge in [-0.3, -0.25) is 0 Å². The van der Waals surface area contributed by atoms with Crippen molar-refractivity contribution in [2.45, 2.75) is 0 Å². The molecule has 5 aromatic rings. The van der Waals surface area contributed by atoms with E-state index in [1.165, 1.54) is 4.68 Å². The van der Waals surface area contributed by atoms with Gasteiger partial charge in [0, 0.05) is 22.3 Å². The van der Waals surface area contributed by atoms with Gasteiger partial charge >= 0.3 is 0 Å². The first-order valence-corrected chi connectivity index (χ1v) is 11.3. The molecule has 0 unspecified atom stereocenters. The lowest BCUT2D eigenvalue weighted by atomic mass is 10.0. The zero-order valence-electron chi connectivity index (χ0n) is 18.9. The van der Waals surface area contributed by atoms with Crippen molar-refractivity contribution >= 4 is 29.1 Å². The number of rotatable bonds is 5. The summed E-state index contributed by atoms with van der Waals surface area (Å²) in [6.07, 6.45) is 3.51. The molecule has 0 saturated heterocycles. The molecule has 0 bridgehead atoms. The van der Waals surface area contributed by atoms with Crippen LogP contribution in [0.1, 0.15) is 16.8 Å². The second-order valence-corrected chi connectivity index (χ2v) is 8.29. The van der Waals surface area contributed by atoms with Crippen LogP contribution in [0, 0.1) is 22.7 Å². The van der Waals surface area contributed by atoms with E-state index in [1.807, 2.05) is 79.0 Å². The Kier molecular flexibility index (Phi) is 6.07. The number of benzene rings is 3. The van der Waals surface area contributed by atoms with Crippen LogP contribution in [0.4, 0.5) is 5.82 Å². The van der Waals surface area contributed by atoms with Gasteiger partial charge in [0.25, 0.3) is 0 Å². The first kappa shape index (κ1) is 22.7. The highest BCUT2D eigenvalue weighted by Gasteiger charge is 2.21. The zero-order valence-corrected chi connectivity index (χ0v) is 19.6. The summed E-state index contributed by atoms with van der Waals surface area (Å²) in [5, 5.41) is 29.8. The zero-order chi connectivity index (χ0) is 25.1. The number of nitriles is 2. The minimum absolute atomic E-state index is 0.134.